The minimum absolute atomic E-state index is 0.0236. The molecule has 0 spiro atoms. The van der Waals surface area contributed by atoms with Crippen LogP contribution < -0.4 is 5.49 Å². The van der Waals surface area contributed by atoms with Gasteiger partial charge >= 0.3 is 0 Å². The Morgan fingerprint density at radius 2 is 2.16 bits per heavy atom. The molecule has 0 radical (unpaired) electrons. The molecule has 0 saturated carbocycles. The van der Waals surface area contributed by atoms with Crippen molar-refractivity contribution in [3.05, 3.63) is 18.1 Å². The summed E-state index contributed by atoms with van der Waals surface area (Å²) in [5, 5.41) is 36.4. The summed E-state index contributed by atoms with van der Waals surface area (Å²) >= 11 is 0. The van der Waals surface area contributed by atoms with Crippen LogP contribution in [0.25, 0.3) is 11.2 Å². The average molecular weight is 267 g/mol. The Bertz CT molecular complexity index is 653. The van der Waals surface area contributed by atoms with Gasteiger partial charge in [0.25, 0.3) is 0 Å². The molecular formula is C10H13N5O4. The Morgan fingerprint density at radius 3 is 2.84 bits per heavy atom. The molecule has 2 aromatic heterocycles. The lowest BCUT2D eigenvalue weighted by molar-refractivity contribution is -0.0515. The number of aromatic amines is 1. The zero-order valence-electron chi connectivity index (χ0n) is 9.76. The smallest absolute Gasteiger partial charge is 0.173 e. The molecule has 19 heavy (non-hydrogen) atoms. The summed E-state index contributed by atoms with van der Waals surface area (Å²) in [6, 6.07) is 0. The van der Waals surface area contributed by atoms with Crippen LogP contribution in [0.15, 0.2) is 12.7 Å². The van der Waals surface area contributed by atoms with Gasteiger partial charge in [0, 0.05) is 0 Å². The van der Waals surface area contributed by atoms with Gasteiger partial charge in [-0.2, -0.15) is 0 Å². The lowest BCUT2D eigenvalue weighted by Crippen LogP contribution is -2.33. The first-order valence-electron chi connectivity index (χ1n) is 5.70. The summed E-state index contributed by atoms with van der Waals surface area (Å²) in [7, 11) is 0. The van der Waals surface area contributed by atoms with Crippen molar-refractivity contribution >= 4 is 11.2 Å². The number of fused-ring (bicyclic) bond motifs is 1. The maximum Gasteiger partial charge on any atom is 0.173 e. The van der Waals surface area contributed by atoms with Gasteiger partial charge in [0.05, 0.1) is 12.9 Å². The van der Waals surface area contributed by atoms with Crippen molar-refractivity contribution in [1.29, 1.82) is 5.41 Å². The largest absolute Gasteiger partial charge is 0.394 e. The van der Waals surface area contributed by atoms with Gasteiger partial charge in [0.15, 0.2) is 17.4 Å². The minimum atomic E-state index is -1.21. The van der Waals surface area contributed by atoms with E-state index in [1.165, 1.54) is 17.2 Å². The van der Waals surface area contributed by atoms with Gasteiger partial charge in [-0.3, -0.25) is 9.98 Å². The summed E-state index contributed by atoms with van der Waals surface area (Å²) in [5.41, 5.74) is 0.811. The Kier molecular flexibility index (Phi) is 2.82. The Hall–Kier alpha value is -1.81. The molecule has 0 bridgehead atoms. The van der Waals surface area contributed by atoms with Gasteiger partial charge in [-0.1, -0.05) is 0 Å². The second-order valence-electron chi connectivity index (χ2n) is 4.33. The van der Waals surface area contributed by atoms with Crippen molar-refractivity contribution in [1.82, 2.24) is 19.5 Å². The fraction of sp³-hybridized carbons (Fsp3) is 0.500. The maximum absolute atomic E-state index is 9.96. The van der Waals surface area contributed by atoms with Crippen LogP contribution in [0.1, 0.15) is 6.23 Å². The van der Waals surface area contributed by atoms with Crippen LogP contribution in [0.4, 0.5) is 0 Å². The van der Waals surface area contributed by atoms with Crippen LogP contribution >= 0.6 is 0 Å². The predicted octanol–water partition coefficient (Wildman–Crippen LogP) is -2.15. The molecule has 3 rings (SSSR count). The van der Waals surface area contributed by atoms with Gasteiger partial charge in [-0.05, 0) is 0 Å². The second kappa shape index (κ2) is 4.38. The Morgan fingerprint density at radius 1 is 1.37 bits per heavy atom. The number of ether oxygens (including phenoxy) is 1. The van der Waals surface area contributed by atoms with Crippen LogP contribution in [-0.4, -0.2) is 59.8 Å². The number of rotatable bonds is 2. The molecule has 102 valence electrons. The Labute approximate surface area is 106 Å². The summed E-state index contributed by atoms with van der Waals surface area (Å²) < 4.78 is 6.82. The van der Waals surface area contributed by atoms with Crippen molar-refractivity contribution in [2.75, 3.05) is 6.61 Å². The van der Waals surface area contributed by atoms with Gasteiger partial charge in [0.2, 0.25) is 0 Å². The third-order valence-corrected chi connectivity index (χ3v) is 3.20. The van der Waals surface area contributed by atoms with E-state index in [1.54, 1.807) is 0 Å². The van der Waals surface area contributed by atoms with Crippen LogP contribution in [-0.2, 0) is 4.74 Å². The molecule has 4 atom stereocenters. The highest BCUT2D eigenvalue weighted by atomic mass is 16.6. The summed E-state index contributed by atoms with van der Waals surface area (Å²) in [6.45, 7) is -0.400. The molecule has 1 saturated heterocycles. The van der Waals surface area contributed by atoms with Crippen molar-refractivity contribution in [3.63, 3.8) is 0 Å². The fourth-order valence-electron chi connectivity index (χ4n) is 2.19. The predicted molar refractivity (Wildman–Crippen MR) is 60.7 cm³/mol. The molecule has 1 unspecified atom stereocenters. The van der Waals surface area contributed by atoms with Gasteiger partial charge in [-0.15, -0.1) is 0 Å². The molecule has 2 aromatic rings. The van der Waals surface area contributed by atoms with Gasteiger partial charge in [-0.25, -0.2) is 9.97 Å². The van der Waals surface area contributed by atoms with E-state index in [1.807, 2.05) is 0 Å². The molecule has 1 fully saturated rings. The second-order valence-corrected chi connectivity index (χ2v) is 4.33. The minimum Gasteiger partial charge on any atom is -0.394 e. The molecule has 0 amide bonds. The van der Waals surface area contributed by atoms with Crippen LogP contribution in [0.3, 0.4) is 0 Å². The standard InChI is InChI=1S/C10H13N5O4/c11-8-5-9(13-2-12-5)15(3-14-8)10-7(18)6(17)4(1-16)19-10/h2-4,6-7,10-11,16-18H,1H2,(H,12,13)/t4-,6-,7-,10?/m1/s1. The van der Waals surface area contributed by atoms with E-state index >= 15 is 0 Å². The fourth-order valence-corrected chi connectivity index (χ4v) is 2.19. The van der Waals surface area contributed by atoms with E-state index < -0.39 is 31.1 Å². The first-order valence-corrected chi connectivity index (χ1v) is 5.70. The number of hydrogen-bond acceptors (Lipinski definition) is 7. The van der Waals surface area contributed by atoms with Crippen LogP contribution in [0.5, 0.6) is 0 Å². The number of H-pyrrole nitrogens is 1. The summed E-state index contributed by atoms with van der Waals surface area (Å²) in [4.78, 5) is 10.7. The zero-order valence-corrected chi connectivity index (χ0v) is 9.76. The monoisotopic (exact) mass is 267 g/mol. The lowest BCUT2D eigenvalue weighted by Gasteiger charge is -2.18. The number of nitrogens with zero attached hydrogens (tertiary/aromatic N) is 3. The SMILES string of the molecule is N=c1ncn(C2O[C@H](CO)[C@@H](O)[C@H]2O)c2nc[nH]c12. The number of hydrogen-bond donors (Lipinski definition) is 5. The zero-order chi connectivity index (χ0) is 13.6. The number of nitrogens with one attached hydrogen (secondary N) is 2. The first-order chi connectivity index (χ1) is 9.13. The topological polar surface area (TPSA) is 140 Å². The van der Waals surface area contributed by atoms with Crippen LogP contribution in [0, 0.1) is 5.41 Å². The molecule has 9 nitrogen and oxygen atoms in total. The summed E-state index contributed by atoms with van der Waals surface area (Å²) in [6.07, 6.45) is -1.45. The normalized spacial score (nSPS) is 31.1. The van der Waals surface area contributed by atoms with E-state index in [4.69, 9.17) is 15.3 Å². The van der Waals surface area contributed by atoms with E-state index in [9.17, 15) is 10.2 Å². The third kappa shape index (κ3) is 1.75. The van der Waals surface area contributed by atoms with E-state index in [2.05, 4.69) is 15.0 Å². The van der Waals surface area contributed by atoms with E-state index in [0.29, 0.717) is 11.2 Å². The molecule has 1 aliphatic rings. The van der Waals surface area contributed by atoms with Crippen molar-refractivity contribution in [2.45, 2.75) is 24.5 Å². The molecule has 9 heteroatoms. The molecule has 1 aliphatic heterocycles. The van der Waals surface area contributed by atoms with Gasteiger partial charge in [0.1, 0.15) is 30.2 Å². The molecule has 0 aromatic carbocycles. The highest BCUT2D eigenvalue weighted by Gasteiger charge is 2.43. The highest BCUT2D eigenvalue weighted by molar-refractivity contribution is 5.68. The number of aliphatic hydroxyl groups is 3. The first kappa shape index (κ1) is 12.2. The summed E-state index contributed by atoms with van der Waals surface area (Å²) in [5.74, 6) is 0. The lowest BCUT2D eigenvalue weighted by atomic mass is 10.1. The molecular weight excluding hydrogens is 254 g/mol. The van der Waals surface area contributed by atoms with Crippen molar-refractivity contribution in [3.8, 4) is 0 Å². The van der Waals surface area contributed by atoms with E-state index in [-0.39, 0.29) is 5.49 Å². The maximum atomic E-state index is 9.96. The Balaban J connectivity index is 2.08. The molecule has 5 N–H and O–H groups in total. The molecule has 0 aliphatic carbocycles. The van der Waals surface area contributed by atoms with Crippen molar-refractivity contribution in [2.24, 2.45) is 0 Å². The number of imidazole rings is 1. The average Bonchev–Trinajstić information content (AvgIpc) is 2.99. The molecule has 3 heterocycles. The quantitative estimate of drug-likeness (QED) is 0.420. The van der Waals surface area contributed by atoms with Gasteiger partial charge < -0.3 is 25.0 Å². The number of aliphatic hydroxyl groups excluding tert-OH is 3. The number of aromatic nitrogens is 4. The third-order valence-electron chi connectivity index (χ3n) is 3.20. The van der Waals surface area contributed by atoms with Crippen LogP contribution in [0.2, 0.25) is 0 Å². The van der Waals surface area contributed by atoms with E-state index in [0.717, 1.165) is 0 Å². The highest BCUT2D eigenvalue weighted by Crippen LogP contribution is 2.30. The van der Waals surface area contributed by atoms with Crippen molar-refractivity contribution < 1.29 is 20.1 Å².